The van der Waals surface area contributed by atoms with E-state index in [1.54, 1.807) is 23.0 Å². The van der Waals surface area contributed by atoms with E-state index in [1.165, 1.54) is 18.5 Å². The molecular formula is C17H12FN5. The van der Waals surface area contributed by atoms with Crippen LogP contribution < -0.4 is 0 Å². The van der Waals surface area contributed by atoms with Gasteiger partial charge >= 0.3 is 0 Å². The molecule has 0 aliphatic rings. The van der Waals surface area contributed by atoms with Crippen molar-refractivity contribution in [2.45, 2.75) is 6.92 Å². The average Bonchev–Trinajstić information content (AvgIpc) is 3.03. The van der Waals surface area contributed by atoms with E-state index < -0.39 is 0 Å². The largest absolute Gasteiger partial charge is 0.265 e. The Morgan fingerprint density at radius 2 is 1.87 bits per heavy atom. The summed E-state index contributed by atoms with van der Waals surface area (Å²) in [4.78, 5) is 12.8. The molecule has 4 aromatic rings. The molecule has 23 heavy (non-hydrogen) atoms. The van der Waals surface area contributed by atoms with Crippen LogP contribution in [-0.4, -0.2) is 24.6 Å². The highest BCUT2D eigenvalue weighted by atomic mass is 19.1. The van der Waals surface area contributed by atoms with Crippen LogP contribution in [0.5, 0.6) is 0 Å². The highest BCUT2D eigenvalue weighted by molar-refractivity contribution is 5.71. The summed E-state index contributed by atoms with van der Waals surface area (Å²) in [6.07, 6.45) is 4.91. The Morgan fingerprint density at radius 1 is 1.04 bits per heavy atom. The van der Waals surface area contributed by atoms with Crippen molar-refractivity contribution in [3.05, 3.63) is 66.5 Å². The van der Waals surface area contributed by atoms with Crippen LogP contribution in [0.3, 0.4) is 0 Å². The SMILES string of the molecule is Cc1cc(F)ccc1-c1cc(-c2ccncc2)n2ncnc2n1. The minimum Gasteiger partial charge on any atom is -0.265 e. The molecule has 0 radical (unpaired) electrons. The van der Waals surface area contributed by atoms with Gasteiger partial charge in [0.1, 0.15) is 12.1 Å². The molecule has 3 aromatic heterocycles. The van der Waals surface area contributed by atoms with Crippen LogP contribution >= 0.6 is 0 Å². The van der Waals surface area contributed by atoms with Gasteiger partial charge in [-0.25, -0.2) is 9.37 Å². The summed E-state index contributed by atoms with van der Waals surface area (Å²) in [5.74, 6) is 0.238. The molecule has 0 spiro atoms. The minimum absolute atomic E-state index is 0.260. The Labute approximate surface area is 131 Å². The molecule has 0 unspecified atom stereocenters. The van der Waals surface area contributed by atoms with E-state index in [4.69, 9.17) is 0 Å². The lowest BCUT2D eigenvalue weighted by Crippen LogP contribution is -1.99. The number of hydrogen-bond donors (Lipinski definition) is 0. The minimum atomic E-state index is -0.260. The van der Waals surface area contributed by atoms with Crippen molar-refractivity contribution in [3.63, 3.8) is 0 Å². The first-order chi connectivity index (χ1) is 11.2. The van der Waals surface area contributed by atoms with Gasteiger partial charge in [-0.3, -0.25) is 4.98 Å². The molecule has 6 heteroatoms. The maximum absolute atomic E-state index is 13.4. The highest BCUT2D eigenvalue weighted by Crippen LogP contribution is 2.27. The fraction of sp³-hybridized carbons (Fsp3) is 0.0588. The Bertz CT molecular complexity index is 994. The van der Waals surface area contributed by atoms with Gasteiger partial charge in [0.2, 0.25) is 0 Å². The summed E-state index contributed by atoms with van der Waals surface area (Å²) in [6, 6.07) is 10.4. The standard InChI is InChI=1S/C17H12FN5/c1-11-8-13(18)2-3-14(11)15-9-16(12-4-6-19-7-5-12)23-17(22-15)20-10-21-23/h2-10H,1H3. The molecule has 5 nitrogen and oxygen atoms in total. The van der Waals surface area contributed by atoms with Gasteiger partial charge in [-0.15, -0.1) is 0 Å². The monoisotopic (exact) mass is 305 g/mol. The van der Waals surface area contributed by atoms with Gasteiger partial charge in [0.15, 0.2) is 0 Å². The first-order valence-electron chi connectivity index (χ1n) is 7.10. The van der Waals surface area contributed by atoms with Crippen molar-refractivity contribution in [1.29, 1.82) is 0 Å². The number of nitrogens with zero attached hydrogens (tertiary/aromatic N) is 5. The van der Waals surface area contributed by atoms with Gasteiger partial charge in [0, 0.05) is 23.5 Å². The zero-order chi connectivity index (χ0) is 15.8. The topological polar surface area (TPSA) is 56.0 Å². The van der Waals surface area contributed by atoms with Crippen molar-refractivity contribution < 1.29 is 4.39 Å². The molecule has 0 bridgehead atoms. The third kappa shape index (κ3) is 2.34. The summed E-state index contributed by atoms with van der Waals surface area (Å²) in [5.41, 5.74) is 4.23. The van der Waals surface area contributed by atoms with Crippen LogP contribution in [0.15, 0.2) is 55.1 Å². The number of aryl methyl sites for hydroxylation is 1. The number of rotatable bonds is 2. The second-order valence-electron chi connectivity index (χ2n) is 5.19. The normalized spacial score (nSPS) is 11.0. The van der Waals surface area contributed by atoms with Crippen molar-refractivity contribution in [2.75, 3.05) is 0 Å². The average molecular weight is 305 g/mol. The van der Waals surface area contributed by atoms with Crippen LogP contribution in [0.2, 0.25) is 0 Å². The van der Waals surface area contributed by atoms with Gasteiger partial charge in [-0.1, -0.05) is 0 Å². The summed E-state index contributed by atoms with van der Waals surface area (Å²) in [5, 5.41) is 4.23. The van der Waals surface area contributed by atoms with E-state index in [9.17, 15) is 4.39 Å². The van der Waals surface area contributed by atoms with E-state index in [1.807, 2.05) is 25.1 Å². The summed E-state index contributed by atoms with van der Waals surface area (Å²) < 4.78 is 15.0. The van der Waals surface area contributed by atoms with Crippen molar-refractivity contribution in [1.82, 2.24) is 24.6 Å². The van der Waals surface area contributed by atoms with E-state index in [0.717, 1.165) is 28.1 Å². The zero-order valence-electron chi connectivity index (χ0n) is 12.3. The van der Waals surface area contributed by atoms with Crippen LogP contribution in [0, 0.1) is 12.7 Å². The molecular weight excluding hydrogens is 293 g/mol. The Morgan fingerprint density at radius 3 is 2.65 bits per heavy atom. The summed E-state index contributed by atoms with van der Waals surface area (Å²) in [6.45, 7) is 1.86. The highest BCUT2D eigenvalue weighted by Gasteiger charge is 2.12. The van der Waals surface area contributed by atoms with E-state index >= 15 is 0 Å². The van der Waals surface area contributed by atoms with Crippen LogP contribution in [-0.2, 0) is 0 Å². The third-order valence-electron chi connectivity index (χ3n) is 3.69. The molecule has 0 atom stereocenters. The lowest BCUT2D eigenvalue weighted by atomic mass is 10.0. The van der Waals surface area contributed by atoms with Crippen LogP contribution in [0.1, 0.15) is 5.56 Å². The molecule has 3 heterocycles. The van der Waals surface area contributed by atoms with E-state index in [0.29, 0.717) is 5.78 Å². The number of pyridine rings is 1. The smallest absolute Gasteiger partial charge is 0.253 e. The second-order valence-corrected chi connectivity index (χ2v) is 5.19. The predicted molar refractivity (Wildman–Crippen MR) is 84.1 cm³/mol. The maximum Gasteiger partial charge on any atom is 0.253 e. The van der Waals surface area contributed by atoms with Gasteiger partial charge < -0.3 is 0 Å². The van der Waals surface area contributed by atoms with Crippen LogP contribution in [0.25, 0.3) is 28.3 Å². The van der Waals surface area contributed by atoms with Gasteiger partial charge in [0.05, 0.1) is 11.4 Å². The van der Waals surface area contributed by atoms with Gasteiger partial charge in [0.25, 0.3) is 5.78 Å². The Kier molecular flexibility index (Phi) is 3.08. The number of fused-ring (bicyclic) bond motifs is 1. The summed E-state index contributed by atoms with van der Waals surface area (Å²) in [7, 11) is 0. The second kappa shape index (κ2) is 5.24. The lowest BCUT2D eigenvalue weighted by molar-refractivity contribution is 0.627. The molecule has 0 aliphatic heterocycles. The molecule has 0 saturated heterocycles. The van der Waals surface area contributed by atoms with E-state index in [2.05, 4.69) is 20.1 Å². The molecule has 0 N–H and O–H groups in total. The Balaban J connectivity index is 1.99. The predicted octanol–water partition coefficient (Wildman–Crippen LogP) is 3.30. The molecule has 0 fully saturated rings. The Hall–Kier alpha value is -3.15. The fourth-order valence-corrected chi connectivity index (χ4v) is 2.59. The first-order valence-corrected chi connectivity index (χ1v) is 7.10. The maximum atomic E-state index is 13.4. The van der Waals surface area contributed by atoms with Crippen molar-refractivity contribution >= 4 is 5.78 Å². The van der Waals surface area contributed by atoms with Gasteiger partial charge in [-0.2, -0.15) is 14.6 Å². The number of hydrogen-bond acceptors (Lipinski definition) is 4. The van der Waals surface area contributed by atoms with E-state index in [-0.39, 0.29) is 5.82 Å². The lowest BCUT2D eigenvalue weighted by Gasteiger charge is -2.09. The number of benzene rings is 1. The molecule has 1 aromatic carbocycles. The molecule has 112 valence electrons. The fourth-order valence-electron chi connectivity index (χ4n) is 2.59. The number of halogens is 1. The molecule has 0 amide bonds. The molecule has 0 aliphatic carbocycles. The van der Waals surface area contributed by atoms with Crippen molar-refractivity contribution in [3.8, 4) is 22.5 Å². The van der Waals surface area contributed by atoms with Gasteiger partial charge in [-0.05, 0) is 48.9 Å². The van der Waals surface area contributed by atoms with Crippen LogP contribution in [0.4, 0.5) is 4.39 Å². The quantitative estimate of drug-likeness (QED) is 0.570. The first kappa shape index (κ1) is 13.5. The zero-order valence-corrected chi connectivity index (χ0v) is 12.3. The summed E-state index contributed by atoms with van der Waals surface area (Å²) >= 11 is 0. The molecule has 0 saturated carbocycles. The van der Waals surface area contributed by atoms with Crippen molar-refractivity contribution in [2.24, 2.45) is 0 Å². The number of aromatic nitrogens is 5. The molecule has 4 rings (SSSR count). The third-order valence-corrected chi connectivity index (χ3v) is 3.69.